The summed E-state index contributed by atoms with van der Waals surface area (Å²) >= 11 is 5.94. The van der Waals surface area contributed by atoms with Crippen LogP contribution in [0.2, 0.25) is 5.02 Å². The van der Waals surface area contributed by atoms with Gasteiger partial charge in [0, 0.05) is 22.3 Å². The predicted molar refractivity (Wildman–Crippen MR) is 93.8 cm³/mol. The molecule has 124 valence electrons. The van der Waals surface area contributed by atoms with Gasteiger partial charge in [-0.05, 0) is 55.3 Å². The third-order valence-corrected chi connectivity index (χ3v) is 4.00. The van der Waals surface area contributed by atoms with Crippen LogP contribution in [0.25, 0.3) is 0 Å². The van der Waals surface area contributed by atoms with E-state index in [1.165, 1.54) is 7.11 Å². The molecule has 2 amide bonds. The lowest BCUT2D eigenvalue weighted by atomic mass is 10.1. The molecule has 0 unspecified atom stereocenters. The molecule has 2 aromatic rings. The number of carbonyl (C=O) groups excluding carboxylic acids is 2. The predicted octanol–water partition coefficient (Wildman–Crippen LogP) is 3.95. The van der Waals surface area contributed by atoms with Crippen LogP contribution in [0.4, 0.5) is 11.4 Å². The first-order valence-corrected chi connectivity index (χ1v) is 8.00. The number of benzene rings is 2. The van der Waals surface area contributed by atoms with Gasteiger partial charge < -0.3 is 15.4 Å². The molecular weight excluding hydrogens is 328 g/mol. The van der Waals surface area contributed by atoms with Crippen molar-refractivity contribution in [1.29, 1.82) is 0 Å². The van der Waals surface area contributed by atoms with Crippen LogP contribution < -0.4 is 15.4 Å². The molecule has 0 heterocycles. The second-order valence-electron chi connectivity index (χ2n) is 5.64. The van der Waals surface area contributed by atoms with Crippen molar-refractivity contribution in [3.63, 3.8) is 0 Å². The summed E-state index contributed by atoms with van der Waals surface area (Å²) in [5.41, 5.74) is 1.69. The number of carbonyl (C=O) groups is 2. The van der Waals surface area contributed by atoms with Crippen LogP contribution in [-0.2, 0) is 4.79 Å². The molecule has 1 aliphatic rings. The molecule has 0 atom stereocenters. The topological polar surface area (TPSA) is 67.4 Å². The highest BCUT2D eigenvalue weighted by atomic mass is 35.5. The summed E-state index contributed by atoms with van der Waals surface area (Å²) in [6.07, 6.45) is 1.92. The molecule has 5 nitrogen and oxygen atoms in total. The summed E-state index contributed by atoms with van der Waals surface area (Å²) in [4.78, 5) is 24.1. The van der Waals surface area contributed by atoms with Gasteiger partial charge in [-0.1, -0.05) is 11.6 Å². The molecule has 0 aliphatic heterocycles. The van der Waals surface area contributed by atoms with Crippen LogP contribution in [0.15, 0.2) is 42.5 Å². The van der Waals surface area contributed by atoms with Gasteiger partial charge in [0.05, 0.1) is 12.7 Å². The van der Waals surface area contributed by atoms with Gasteiger partial charge in [-0.3, -0.25) is 9.59 Å². The summed E-state index contributed by atoms with van der Waals surface area (Å²) < 4.78 is 5.18. The minimum Gasteiger partial charge on any atom is -0.496 e. The average molecular weight is 345 g/mol. The molecule has 0 bridgehead atoms. The van der Waals surface area contributed by atoms with Crippen molar-refractivity contribution in [1.82, 2.24) is 0 Å². The molecule has 1 saturated carbocycles. The van der Waals surface area contributed by atoms with Gasteiger partial charge >= 0.3 is 0 Å². The van der Waals surface area contributed by atoms with Crippen LogP contribution in [0.5, 0.6) is 5.75 Å². The maximum absolute atomic E-state index is 12.4. The van der Waals surface area contributed by atoms with E-state index in [2.05, 4.69) is 10.6 Å². The van der Waals surface area contributed by atoms with Gasteiger partial charge in [-0.25, -0.2) is 0 Å². The molecular formula is C18H17ClN2O3. The Balaban J connectivity index is 1.68. The van der Waals surface area contributed by atoms with Crippen LogP contribution in [0, 0.1) is 5.92 Å². The van der Waals surface area contributed by atoms with E-state index in [-0.39, 0.29) is 17.7 Å². The number of ether oxygens (including phenoxy) is 1. The van der Waals surface area contributed by atoms with Crippen molar-refractivity contribution >= 4 is 34.8 Å². The smallest absolute Gasteiger partial charge is 0.259 e. The van der Waals surface area contributed by atoms with E-state index in [1.54, 1.807) is 42.5 Å². The largest absolute Gasteiger partial charge is 0.496 e. The van der Waals surface area contributed by atoms with Gasteiger partial charge in [0.25, 0.3) is 5.91 Å². The van der Waals surface area contributed by atoms with Crippen molar-refractivity contribution < 1.29 is 14.3 Å². The van der Waals surface area contributed by atoms with E-state index < -0.39 is 0 Å². The van der Waals surface area contributed by atoms with E-state index >= 15 is 0 Å². The zero-order valence-electron chi connectivity index (χ0n) is 13.1. The van der Waals surface area contributed by atoms with Crippen molar-refractivity contribution in [3.05, 3.63) is 53.1 Å². The summed E-state index contributed by atoms with van der Waals surface area (Å²) in [5.74, 6) is 0.337. The van der Waals surface area contributed by atoms with E-state index in [9.17, 15) is 9.59 Å². The number of anilines is 2. The van der Waals surface area contributed by atoms with Crippen molar-refractivity contribution in [2.24, 2.45) is 5.92 Å². The van der Waals surface area contributed by atoms with E-state index in [4.69, 9.17) is 16.3 Å². The Morgan fingerprint density at radius 2 is 1.67 bits per heavy atom. The summed E-state index contributed by atoms with van der Waals surface area (Å²) in [7, 11) is 1.50. The molecule has 2 N–H and O–H groups in total. The van der Waals surface area contributed by atoms with E-state index in [0.717, 1.165) is 12.8 Å². The monoisotopic (exact) mass is 344 g/mol. The number of amides is 2. The van der Waals surface area contributed by atoms with Crippen LogP contribution in [-0.4, -0.2) is 18.9 Å². The first-order valence-electron chi connectivity index (χ1n) is 7.62. The van der Waals surface area contributed by atoms with E-state index in [1.807, 2.05) is 0 Å². The fraction of sp³-hybridized carbons (Fsp3) is 0.222. The summed E-state index contributed by atoms with van der Waals surface area (Å²) in [5, 5.41) is 6.10. The Morgan fingerprint density at radius 1 is 1.04 bits per heavy atom. The molecule has 3 rings (SSSR count). The van der Waals surface area contributed by atoms with Gasteiger partial charge in [0.2, 0.25) is 5.91 Å². The van der Waals surface area contributed by atoms with Gasteiger partial charge in [-0.15, -0.1) is 0 Å². The van der Waals surface area contributed by atoms with E-state index in [0.29, 0.717) is 27.7 Å². The standard InChI is InChI=1S/C18H17ClN2O3/c1-24-16-9-4-12(19)10-15(16)18(23)21-14-7-5-13(6-8-14)20-17(22)11-2-3-11/h4-11H,2-3H2,1H3,(H,20,22)(H,21,23). The lowest BCUT2D eigenvalue weighted by Gasteiger charge is -2.10. The zero-order valence-corrected chi connectivity index (χ0v) is 13.9. The first kappa shape index (κ1) is 16.3. The van der Waals surface area contributed by atoms with Crippen LogP contribution >= 0.6 is 11.6 Å². The SMILES string of the molecule is COc1ccc(Cl)cc1C(=O)Nc1ccc(NC(=O)C2CC2)cc1. The van der Waals surface area contributed by atoms with Gasteiger partial charge in [0.1, 0.15) is 5.75 Å². The molecule has 0 spiro atoms. The Labute approximate surface area is 145 Å². The Morgan fingerprint density at radius 3 is 2.25 bits per heavy atom. The molecule has 1 fully saturated rings. The molecule has 24 heavy (non-hydrogen) atoms. The summed E-state index contributed by atoms with van der Waals surface area (Å²) in [6, 6.07) is 11.8. The third-order valence-electron chi connectivity index (χ3n) is 3.76. The number of hydrogen-bond acceptors (Lipinski definition) is 3. The Kier molecular flexibility index (Phi) is 4.71. The third kappa shape index (κ3) is 3.86. The molecule has 0 radical (unpaired) electrons. The normalized spacial score (nSPS) is 13.2. The quantitative estimate of drug-likeness (QED) is 0.863. The average Bonchev–Trinajstić information content (AvgIpc) is 3.41. The lowest BCUT2D eigenvalue weighted by Crippen LogP contribution is -2.14. The van der Waals surface area contributed by atoms with Crippen LogP contribution in [0.3, 0.4) is 0 Å². The fourth-order valence-corrected chi connectivity index (χ4v) is 2.45. The second-order valence-corrected chi connectivity index (χ2v) is 6.08. The number of rotatable bonds is 5. The molecule has 0 saturated heterocycles. The van der Waals surface area contributed by atoms with Gasteiger partial charge in [-0.2, -0.15) is 0 Å². The highest BCUT2D eigenvalue weighted by molar-refractivity contribution is 6.31. The molecule has 1 aliphatic carbocycles. The highest BCUT2D eigenvalue weighted by Crippen LogP contribution is 2.30. The van der Waals surface area contributed by atoms with Crippen molar-refractivity contribution in [2.75, 3.05) is 17.7 Å². The van der Waals surface area contributed by atoms with Gasteiger partial charge in [0.15, 0.2) is 0 Å². The maximum Gasteiger partial charge on any atom is 0.259 e. The number of methoxy groups -OCH3 is 1. The minimum absolute atomic E-state index is 0.0513. The minimum atomic E-state index is -0.316. The summed E-state index contributed by atoms with van der Waals surface area (Å²) in [6.45, 7) is 0. The zero-order chi connectivity index (χ0) is 17.1. The fourth-order valence-electron chi connectivity index (χ4n) is 2.28. The molecule has 6 heteroatoms. The van der Waals surface area contributed by atoms with Crippen LogP contribution in [0.1, 0.15) is 23.2 Å². The number of hydrogen-bond donors (Lipinski definition) is 2. The number of nitrogens with one attached hydrogen (secondary N) is 2. The highest BCUT2D eigenvalue weighted by Gasteiger charge is 2.29. The van der Waals surface area contributed by atoms with Crippen molar-refractivity contribution in [3.8, 4) is 5.75 Å². The second kappa shape index (κ2) is 6.93. The number of halogens is 1. The maximum atomic E-state index is 12.4. The lowest BCUT2D eigenvalue weighted by molar-refractivity contribution is -0.117. The first-order chi connectivity index (χ1) is 11.6. The Bertz CT molecular complexity index is 770. The Hall–Kier alpha value is -2.53. The molecule has 0 aromatic heterocycles. The molecule has 2 aromatic carbocycles. The van der Waals surface area contributed by atoms with Crippen molar-refractivity contribution in [2.45, 2.75) is 12.8 Å².